The smallest absolute Gasteiger partial charge is 0.249 e. The Morgan fingerprint density at radius 1 is 1.00 bits per heavy atom. The normalized spacial score (nSPS) is 34.1. The van der Waals surface area contributed by atoms with E-state index in [1.165, 1.54) is 4.90 Å². The molecule has 1 aromatic carbocycles. The van der Waals surface area contributed by atoms with Crippen molar-refractivity contribution in [2.45, 2.75) is 69.4 Å². The highest BCUT2D eigenvalue weighted by atomic mass is 16.5. The van der Waals surface area contributed by atoms with Crippen molar-refractivity contribution < 1.29 is 24.2 Å². The van der Waals surface area contributed by atoms with E-state index in [1.54, 1.807) is 11.9 Å². The number of likely N-dealkylation sites (tertiary alicyclic amines) is 1. The molecule has 1 N–H and O–H groups in total. The average Bonchev–Trinajstić information content (AvgIpc) is 3.21. The van der Waals surface area contributed by atoms with Crippen LogP contribution in [0.2, 0.25) is 0 Å². The number of likely N-dealkylation sites (N-methyl/N-ethyl adjacent to an activating group) is 1. The summed E-state index contributed by atoms with van der Waals surface area (Å²) in [5.41, 5.74) is -1.59. The van der Waals surface area contributed by atoms with Crippen LogP contribution in [0.3, 0.4) is 0 Å². The summed E-state index contributed by atoms with van der Waals surface area (Å²) in [6.07, 6.45) is 9.90. The van der Waals surface area contributed by atoms with E-state index < -0.39 is 35.1 Å². The van der Waals surface area contributed by atoms with Gasteiger partial charge in [0, 0.05) is 26.2 Å². The van der Waals surface area contributed by atoms with Gasteiger partial charge in [-0.15, -0.1) is 0 Å². The molecule has 3 amide bonds. The molecule has 4 heterocycles. The van der Waals surface area contributed by atoms with Gasteiger partial charge in [-0.2, -0.15) is 0 Å². The third kappa shape index (κ3) is 3.75. The van der Waals surface area contributed by atoms with Crippen LogP contribution in [0.25, 0.3) is 0 Å². The first-order chi connectivity index (χ1) is 18.3. The molecule has 0 aromatic heterocycles. The highest BCUT2D eigenvalue weighted by Crippen LogP contribution is 2.59. The lowest BCUT2D eigenvalue weighted by atomic mass is 9.73. The molecule has 38 heavy (non-hydrogen) atoms. The maximum Gasteiger partial charge on any atom is 0.249 e. The minimum Gasteiger partial charge on any atom is -0.394 e. The Labute approximate surface area is 224 Å². The molecule has 0 aliphatic carbocycles. The molecule has 5 rings (SSSR count). The van der Waals surface area contributed by atoms with Crippen LogP contribution < -0.4 is 0 Å². The number of hydrogen-bond acceptors (Lipinski definition) is 5. The van der Waals surface area contributed by atoms with Crippen LogP contribution in [0.5, 0.6) is 0 Å². The van der Waals surface area contributed by atoms with Gasteiger partial charge in [-0.3, -0.25) is 14.4 Å². The van der Waals surface area contributed by atoms with Crippen molar-refractivity contribution >= 4 is 17.7 Å². The van der Waals surface area contributed by atoms with Crippen LogP contribution in [0.4, 0.5) is 0 Å². The summed E-state index contributed by atoms with van der Waals surface area (Å²) >= 11 is 0. The maximum absolute atomic E-state index is 14.6. The molecule has 1 spiro atoms. The third-order valence-corrected chi connectivity index (χ3v) is 9.04. The lowest BCUT2D eigenvalue weighted by molar-refractivity contribution is -0.158. The fourth-order valence-electron chi connectivity index (χ4n) is 7.17. The predicted octanol–water partition coefficient (Wildman–Crippen LogP) is 2.70. The minimum absolute atomic E-state index is 0.0349. The second kappa shape index (κ2) is 9.97. The van der Waals surface area contributed by atoms with Gasteiger partial charge in [0.15, 0.2) is 0 Å². The number of ether oxygens (including phenoxy) is 1. The summed E-state index contributed by atoms with van der Waals surface area (Å²) in [6.45, 7) is 6.56. The number of nitrogens with zero attached hydrogens (tertiary/aromatic N) is 3. The number of fused-ring (bicyclic) bond motifs is 2. The van der Waals surface area contributed by atoms with E-state index in [9.17, 15) is 19.5 Å². The molecule has 1 aromatic rings. The topological polar surface area (TPSA) is 90.4 Å². The lowest BCUT2D eigenvalue weighted by Gasteiger charge is -2.41. The largest absolute Gasteiger partial charge is 0.394 e. The first-order valence-corrected chi connectivity index (χ1v) is 13.8. The van der Waals surface area contributed by atoms with E-state index >= 15 is 0 Å². The second-order valence-electron chi connectivity index (χ2n) is 11.1. The lowest BCUT2D eigenvalue weighted by Crippen LogP contribution is -2.58. The third-order valence-electron chi connectivity index (χ3n) is 9.04. The Bertz CT molecular complexity index is 1150. The molecule has 7 atom stereocenters. The molecule has 2 saturated heterocycles. The highest BCUT2D eigenvalue weighted by Gasteiger charge is 2.76. The van der Waals surface area contributed by atoms with Gasteiger partial charge >= 0.3 is 0 Å². The van der Waals surface area contributed by atoms with E-state index in [2.05, 4.69) is 6.92 Å². The average molecular weight is 522 g/mol. The van der Waals surface area contributed by atoms with E-state index in [1.807, 2.05) is 73.4 Å². The molecule has 2 unspecified atom stereocenters. The first kappa shape index (κ1) is 26.6. The standard InChI is InChI=1S/C30H39N3O5/c1-5-12-20(3)32-18-11-16-30-24(23-26(35)31(4)17-10-15-29(23,6-2)38-30)27(36)33(25(30)28(32)37)22(19-34)21-13-8-7-9-14-21/h7-11,13-16,20,22-25,34H,5-6,12,17-19H2,1-4H3/t20?,22-,23-,24+,25?,29+,30+/m1/s1. The molecule has 8 nitrogen and oxygen atoms in total. The quantitative estimate of drug-likeness (QED) is 0.558. The zero-order chi connectivity index (χ0) is 27.2. The van der Waals surface area contributed by atoms with Crippen LogP contribution in [-0.2, 0) is 19.1 Å². The second-order valence-corrected chi connectivity index (χ2v) is 11.1. The molecule has 0 bridgehead atoms. The maximum atomic E-state index is 14.6. The molecule has 2 fully saturated rings. The van der Waals surface area contributed by atoms with Gasteiger partial charge in [0.05, 0.1) is 30.1 Å². The summed E-state index contributed by atoms with van der Waals surface area (Å²) in [5, 5.41) is 10.6. The Hall–Kier alpha value is -2.97. The summed E-state index contributed by atoms with van der Waals surface area (Å²) in [7, 11) is 1.74. The highest BCUT2D eigenvalue weighted by molar-refractivity contribution is 6.00. The molecule has 0 saturated carbocycles. The van der Waals surface area contributed by atoms with Crippen LogP contribution in [0.1, 0.15) is 51.6 Å². The van der Waals surface area contributed by atoms with Crippen LogP contribution in [0.15, 0.2) is 54.6 Å². The van der Waals surface area contributed by atoms with Crippen molar-refractivity contribution in [2.24, 2.45) is 11.8 Å². The predicted molar refractivity (Wildman–Crippen MR) is 143 cm³/mol. The summed E-state index contributed by atoms with van der Waals surface area (Å²) in [4.78, 5) is 48.0. The van der Waals surface area contributed by atoms with E-state index in [0.29, 0.717) is 19.5 Å². The van der Waals surface area contributed by atoms with Crippen LogP contribution in [0, 0.1) is 11.8 Å². The van der Waals surface area contributed by atoms with Gasteiger partial charge in [0.1, 0.15) is 11.6 Å². The zero-order valence-corrected chi connectivity index (χ0v) is 22.7. The van der Waals surface area contributed by atoms with Gasteiger partial charge in [-0.1, -0.05) is 74.9 Å². The fraction of sp³-hybridized carbons (Fsp3) is 0.567. The van der Waals surface area contributed by atoms with E-state index in [4.69, 9.17) is 4.74 Å². The Morgan fingerprint density at radius 2 is 1.71 bits per heavy atom. The van der Waals surface area contributed by atoms with Gasteiger partial charge in [0.25, 0.3) is 0 Å². The first-order valence-electron chi connectivity index (χ1n) is 13.8. The van der Waals surface area contributed by atoms with Crippen molar-refractivity contribution in [1.29, 1.82) is 0 Å². The molecule has 204 valence electrons. The molecule has 8 heteroatoms. The molecular formula is C30H39N3O5. The molecule has 0 radical (unpaired) electrons. The number of carbonyl (C=O) groups excluding carboxylic acids is 3. The monoisotopic (exact) mass is 521 g/mol. The summed E-state index contributed by atoms with van der Waals surface area (Å²) < 4.78 is 6.97. The van der Waals surface area contributed by atoms with Crippen LogP contribution in [-0.4, -0.2) is 87.6 Å². The van der Waals surface area contributed by atoms with Crippen molar-refractivity contribution in [3.8, 4) is 0 Å². The zero-order valence-electron chi connectivity index (χ0n) is 22.7. The van der Waals surface area contributed by atoms with Crippen molar-refractivity contribution in [2.75, 3.05) is 26.7 Å². The Kier molecular flexibility index (Phi) is 6.99. The fourth-order valence-corrected chi connectivity index (χ4v) is 7.17. The summed E-state index contributed by atoms with van der Waals surface area (Å²) in [5.74, 6) is -2.34. The molecule has 4 aliphatic rings. The minimum atomic E-state index is -1.32. The van der Waals surface area contributed by atoms with Gasteiger partial charge in [-0.25, -0.2) is 0 Å². The van der Waals surface area contributed by atoms with E-state index in [-0.39, 0.29) is 30.4 Å². The number of rotatable bonds is 7. The number of hydrogen-bond donors (Lipinski definition) is 1. The molecular weight excluding hydrogens is 482 g/mol. The Morgan fingerprint density at radius 3 is 2.37 bits per heavy atom. The molecule has 4 aliphatic heterocycles. The van der Waals surface area contributed by atoms with Crippen molar-refractivity contribution in [1.82, 2.24) is 14.7 Å². The number of amides is 3. The van der Waals surface area contributed by atoms with Crippen LogP contribution >= 0.6 is 0 Å². The number of benzene rings is 1. The van der Waals surface area contributed by atoms with E-state index in [0.717, 1.165) is 18.4 Å². The summed E-state index contributed by atoms with van der Waals surface area (Å²) in [6, 6.07) is 7.51. The number of carbonyl (C=O) groups is 3. The van der Waals surface area contributed by atoms with Gasteiger partial charge < -0.3 is 24.5 Å². The Balaban J connectivity index is 1.71. The van der Waals surface area contributed by atoms with Crippen molar-refractivity contribution in [3.63, 3.8) is 0 Å². The van der Waals surface area contributed by atoms with Gasteiger partial charge in [-0.05, 0) is 25.3 Å². The number of aliphatic hydroxyl groups is 1. The SMILES string of the molecule is CCCC(C)N1CC=C[C@]23O[C@@]4(CC)C=CCN(C)C(=O)[C@H]4[C@H]2C(=O)N([C@H](CO)c2ccccc2)C3C1=O. The van der Waals surface area contributed by atoms with Crippen molar-refractivity contribution in [3.05, 3.63) is 60.2 Å². The number of aliphatic hydroxyl groups excluding tert-OH is 1. The van der Waals surface area contributed by atoms with Gasteiger partial charge in [0.2, 0.25) is 17.7 Å².